The van der Waals surface area contributed by atoms with E-state index in [2.05, 4.69) is 344 Å². The molecule has 0 saturated carbocycles. The van der Waals surface area contributed by atoms with Gasteiger partial charge in [-0.2, -0.15) is 0 Å². The lowest BCUT2D eigenvalue weighted by atomic mass is 10.0. The van der Waals surface area contributed by atoms with Gasteiger partial charge in [-0.05, 0) is 151 Å². The van der Waals surface area contributed by atoms with Crippen LogP contribution in [0, 0.1) is 0 Å². The molecular weight excluding hydrogens is 1590 g/mol. The minimum atomic E-state index is 0.703. The van der Waals surface area contributed by atoms with Crippen LogP contribution in [-0.2, 0) is 0 Å². The normalized spacial score (nSPS) is 11.3. The van der Waals surface area contributed by atoms with Gasteiger partial charge in [-0.1, -0.05) is 290 Å². The van der Waals surface area contributed by atoms with Crippen molar-refractivity contribution in [2.75, 3.05) is 0 Å². The fraction of sp³-hybridized carbons (Fsp3) is 0. The number of nitrogens with zero attached hydrogens (tertiary/aromatic N) is 10. The molecule has 0 saturated heterocycles. The van der Waals surface area contributed by atoms with Gasteiger partial charge >= 0.3 is 0 Å². The van der Waals surface area contributed by atoms with Gasteiger partial charge in [0.25, 0.3) is 0 Å². The molecule has 13 aromatic carbocycles. The second-order valence-corrected chi connectivity index (χ2v) is 30.1. The van der Waals surface area contributed by atoms with Crippen LogP contribution in [0.5, 0.6) is 0 Å². The first kappa shape index (κ1) is 70.7. The predicted octanol–water partition coefficient (Wildman–Crippen LogP) is 27.4. The highest BCUT2D eigenvalue weighted by molar-refractivity contribution is 9.11. The molecule has 0 unspecified atom stereocenters. The van der Waals surface area contributed by atoms with Gasteiger partial charge in [0.15, 0.2) is 11.6 Å². The summed E-state index contributed by atoms with van der Waals surface area (Å²) in [4.78, 5) is 33.9. The van der Waals surface area contributed by atoms with Crippen molar-refractivity contribution < 1.29 is 0 Å². The maximum absolute atomic E-state index is 5.03. The lowest BCUT2D eigenvalue weighted by Crippen LogP contribution is -1.98. The third-order valence-electron chi connectivity index (χ3n) is 20.6. The maximum Gasteiger partial charge on any atom is 0.160 e. The molecule has 0 aliphatic rings. The molecule has 0 atom stereocenters. The second kappa shape index (κ2) is 31.2. The third-order valence-corrected chi connectivity index (χ3v) is 22.5. The van der Waals surface area contributed by atoms with Gasteiger partial charge in [0.1, 0.15) is 0 Å². The van der Waals surface area contributed by atoms with Gasteiger partial charge in [0.2, 0.25) is 0 Å². The van der Waals surface area contributed by atoms with Crippen LogP contribution >= 0.6 is 47.8 Å². The SMILES string of the molecule is Brc1cccc2c1c1ccccc1n2-c1ccc(-c2cc(-c3ccccc3)nc(-c3ccccc3)n2)cc1.Brc1cccc2c1c1ccccc1n2-c1ccc(-c2cc(-c3ccccn3)nc(-c3ccccn3)c2)cc1.Brc1cccc2c1c1ccccc1n2-c1cccc(-c2nc(-c3ccccc3)cc(-c3ccccc3)n2)c1. The first-order valence-electron chi connectivity index (χ1n) is 37.5. The fourth-order valence-electron chi connectivity index (χ4n) is 15.3. The van der Waals surface area contributed by atoms with Crippen molar-refractivity contribution in [2.45, 2.75) is 0 Å². The number of para-hydroxylation sites is 3. The van der Waals surface area contributed by atoms with E-state index in [1.165, 1.54) is 54.4 Å². The molecule has 0 amide bonds. The summed E-state index contributed by atoms with van der Waals surface area (Å²) in [6.45, 7) is 0. The Morgan fingerprint density at radius 2 is 0.500 bits per heavy atom. The standard InChI is InChI=1S/2C34H22BrN3.C33H21BrN4/c35-28-18-10-20-32-33(28)27-17-7-8-19-31(27)38(32)26-16-9-15-25(21-26)34-36-29(23-11-3-1-4-12-23)22-30(37-34)24-13-5-2-6-14-24;35-28-15-9-17-32-33(28)27-14-7-8-16-31(27)38(32)26-20-18-24(19-21-26)30-22-29(23-10-3-1-4-11-23)36-34(37-30)25-12-5-2-6-13-25;34-26-9-7-13-32-33(26)25-8-1-2-12-31(25)38(32)24-16-14-22(15-17-24)23-20-29(27-10-3-5-18-35-27)37-30(21-23)28-11-4-6-19-36-28/h2*1-22H;1-21H. The molecule has 0 spiro atoms. The average Bonchev–Trinajstić information content (AvgIpc) is 1.60. The van der Waals surface area contributed by atoms with Crippen molar-refractivity contribution in [3.8, 4) is 119 Å². The molecule has 8 heterocycles. The van der Waals surface area contributed by atoms with Crippen molar-refractivity contribution in [3.05, 3.63) is 408 Å². The van der Waals surface area contributed by atoms with Crippen LogP contribution in [0.3, 0.4) is 0 Å². The van der Waals surface area contributed by atoms with Crippen molar-refractivity contribution in [3.63, 3.8) is 0 Å². The molecule has 10 nitrogen and oxygen atoms in total. The number of pyridine rings is 3. The maximum atomic E-state index is 5.03. The monoisotopic (exact) mass is 1650 g/mol. The molecule has 0 radical (unpaired) electrons. The molecule has 540 valence electrons. The van der Waals surface area contributed by atoms with Gasteiger partial charge in [0.05, 0.1) is 78.7 Å². The van der Waals surface area contributed by atoms with E-state index in [9.17, 15) is 0 Å². The van der Waals surface area contributed by atoms with E-state index in [0.29, 0.717) is 5.82 Å². The van der Waals surface area contributed by atoms with Crippen LogP contribution in [0.1, 0.15) is 0 Å². The molecule has 114 heavy (non-hydrogen) atoms. The van der Waals surface area contributed by atoms with E-state index in [0.717, 1.165) is 137 Å². The van der Waals surface area contributed by atoms with E-state index >= 15 is 0 Å². The van der Waals surface area contributed by atoms with Crippen molar-refractivity contribution in [1.82, 2.24) is 48.6 Å². The highest BCUT2D eigenvalue weighted by Crippen LogP contribution is 2.42. The number of hydrogen-bond acceptors (Lipinski definition) is 7. The van der Waals surface area contributed by atoms with Crippen LogP contribution < -0.4 is 0 Å². The fourth-order valence-corrected chi connectivity index (χ4v) is 17.0. The predicted molar refractivity (Wildman–Crippen MR) is 479 cm³/mol. The summed E-state index contributed by atoms with van der Waals surface area (Å²) < 4.78 is 10.3. The highest BCUT2D eigenvalue weighted by atomic mass is 79.9. The summed E-state index contributed by atoms with van der Waals surface area (Å²) >= 11 is 11.3. The number of hydrogen-bond donors (Lipinski definition) is 0. The van der Waals surface area contributed by atoms with E-state index in [4.69, 9.17) is 24.9 Å². The van der Waals surface area contributed by atoms with E-state index in [1.54, 1.807) is 12.4 Å². The first-order chi connectivity index (χ1) is 56.3. The zero-order valence-electron chi connectivity index (χ0n) is 61.1. The smallest absolute Gasteiger partial charge is 0.160 e. The second-order valence-electron chi connectivity index (χ2n) is 27.5. The third kappa shape index (κ3) is 13.8. The minimum absolute atomic E-state index is 0.703. The van der Waals surface area contributed by atoms with Gasteiger partial charge in [-0.3, -0.25) is 9.97 Å². The highest BCUT2D eigenvalue weighted by Gasteiger charge is 2.21. The minimum Gasteiger partial charge on any atom is -0.309 e. The van der Waals surface area contributed by atoms with E-state index < -0.39 is 0 Å². The Morgan fingerprint density at radius 1 is 0.184 bits per heavy atom. The quantitative estimate of drug-likeness (QED) is 0.120. The molecule has 0 aliphatic carbocycles. The van der Waals surface area contributed by atoms with Gasteiger partial charge < -0.3 is 13.7 Å². The van der Waals surface area contributed by atoms with E-state index in [1.807, 2.05) is 109 Å². The van der Waals surface area contributed by atoms with Gasteiger partial charge in [-0.25, -0.2) is 24.9 Å². The zero-order valence-corrected chi connectivity index (χ0v) is 65.9. The van der Waals surface area contributed by atoms with Crippen molar-refractivity contribution in [1.29, 1.82) is 0 Å². The van der Waals surface area contributed by atoms with Crippen molar-refractivity contribution >= 4 is 113 Å². The summed E-state index contributed by atoms with van der Waals surface area (Å²) in [6.07, 6.45) is 3.59. The van der Waals surface area contributed by atoms with Gasteiger partial charge in [-0.15, -0.1) is 0 Å². The van der Waals surface area contributed by atoms with Crippen LogP contribution in [0.4, 0.5) is 0 Å². The summed E-state index contributed by atoms with van der Waals surface area (Å²) in [7, 11) is 0. The molecule has 21 rings (SSSR count). The first-order valence-corrected chi connectivity index (χ1v) is 39.9. The number of benzene rings is 13. The Kier molecular flexibility index (Phi) is 19.4. The summed E-state index contributed by atoms with van der Waals surface area (Å²) in [5.41, 5.74) is 25.6. The summed E-state index contributed by atoms with van der Waals surface area (Å²) in [5.74, 6) is 1.42. The largest absolute Gasteiger partial charge is 0.309 e. The molecule has 0 aliphatic heterocycles. The summed E-state index contributed by atoms with van der Waals surface area (Å²) in [5, 5.41) is 7.34. The van der Waals surface area contributed by atoms with E-state index in [-0.39, 0.29) is 0 Å². The Bertz CT molecular complexity index is 6640. The number of fused-ring (bicyclic) bond motifs is 9. The summed E-state index contributed by atoms with van der Waals surface area (Å²) in [6, 6.07) is 132. The lowest BCUT2D eigenvalue weighted by Gasteiger charge is -2.12. The Labute approximate surface area is 683 Å². The number of rotatable bonds is 12. The van der Waals surface area contributed by atoms with Crippen molar-refractivity contribution in [2.24, 2.45) is 0 Å². The van der Waals surface area contributed by atoms with Crippen LogP contribution in [0.25, 0.3) is 184 Å². The Balaban J connectivity index is 0.000000115. The molecule has 21 aromatic rings. The molecule has 8 aromatic heterocycles. The van der Waals surface area contributed by atoms with Gasteiger partial charge in [0, 0.05) is 109 Å². The van der Waals surface area contributed by atoms with Crippen LogP contribution in [0.15, 0.2) is 408 Å². The van der Waals surface area contributed by atoms with Crippen LogP contribution in [0.2, 0.25) is 0 Å². The molecule has 0 bridgehead atoms. The Hall–Kier alpha value is -13.7. The number of halogens is 3. The topological polar surface area (TPSA) is 105 Å². The number of aromatic nitrogens is 10. The molecule has 0 N–H and O–H groups in total. The van der Waals surface area contributed by atoms with Crippen LogP contribution in [-0.4, -0.2) is 48.6 Å². The lowest BCUT2D eigenvalue weighted by molar-refractivity contribution is 1.16. The zero-order chi connectivity index (χ0) is 76.4. The molecular formula is C101H65Br3N10. The molecule has 13 heteroatoms. The Morgan fingerprint density at radius 3 is 0.895 bits per heavy atom. The average molecular weight is 1660 g/mol. The molecule has 0 fully saturated rings.